The topological polar surface area (TPSA) is 95.5 Å². The first-order chi connectivity index (χ1) is 6.97. The van der Waals surface area contributed by atoms with Gasteiger partial charge < -0.3 is 10.5 Å². The number of methoxy groups -OCH3 is 1. The van der Waals surface area contributed by atoms with Crippen molar-refractivity contribution in [1.29, 1.82) is 0 Å². The highest BCUT2D eigenvalue weighted by Crippen LogP contribution is 2.31. The summed E-state index contributed by atoms with van der Waals surface area (Å²) in [5.74, 6) is -0.641. The van der Waals surface area contributed by atoms with Gasteiger partial charge in [-0.15, -0.1) is 0 Å². The van der Waals surface area contributed by atoms with Gasteiger partial charge in [0.2, 0.25) is 0 Å². The summed E-state index contributed by atoms with van der Waals surface area (Å²) >= 11 is 3.02. The van der Waals surface area contributed by atoms with E-state index in [1.54, 1.807) is 0 Å². The number of hydrogen-bond donors (Lipinski definition) is 1. The van der Waals surface area contributed by atoms with E-state index in [-0.39, 0.29) is 21.5 Å². The number of carbonyl (C=O) groups is 1. The Morgan fingerprint density at radius 3 is 2.60 bits per heavy atom. The quantitative estimate of drug-likeness (QED) is 0.667. The van der Waals surface area contributed by atoms with Crippen LogP contribution in [0.2, 0.25) is 0 Å². The van der Waals surface area contributed by atoms with Gasteiger partial charge in [-0.25, -0.2) is 0 Å². The smallest absolute Gasteiger partial charge is 0.274 e. The Kier molecular flexibility index (Phi) is 3.25. The predicted molar refractivity (Wildman–Crippen MR) is 55.9 cm³/mol. The minimum atomic E-state index is -0.714. The number of nitro groups is 1. The Bertz CT molecular complexity index is 433. The van der Waals surface area contributed by atoms with Gasteiger partial charge in [0.1, 0.15) is 5.75 Å². The molecule has 15 heavy (non-hydrogen) atoms. The van der Waals surface area contributed by atoms with Crippen LogP contribution in [0.25, 0.3) is 0 Å². The predicted octanol–water partition coefficient (Wildman–Crippen LogP) is 1.46. The van der Waals surface area contributed by atoms with Crippen LogP contribution in [-0.4, -0.2) is 17.9 Å². The molecule has 0 heterocycles. The van der Waals surface area contributed by atoms with Crippen LogP contribution < -0.4 is 10.5 Å². The first kappa shape index (κ1) is 11.4. The largest absolute Gasteiger partial charge is 0.496 e. The van der Waals surface area contributed by atoms with Crippen molar-refractivity contribution in [2.45, 2.75) is 0 Å². The minimum absolute atomic E-state index is 0.0728. The zero-order valence-electron chi connectivity index (χ0n) is 7.69. The van der Waals surface area contributed by atoms with Crippen LogP contribution in [0.15, 0.2) is 16.6 Å². The summed E-state index contributed by atoms with van der Waals surface area (Å²) in [5.41, 5.74) is 5.01. The average molecular weight is 275 g/mol. The van der Waals surface area contributed by atoms with Gasteiger partial charge >= 0.3 is 0 Å². The lowest BCUT2D eigenvalue weighted by atomic mass is 10.1. The molecule has 7 heteroatoms. The van der Waals surface area contributed by atoms with Crippen molar-refractivity contribution in [3.8, 4) is 5.75 Å². The van der Waals surface area contributed by atoms with Gasteiger partial charge in [0.25, 0.3) is 11.6 Å². The van der Waals surface area contributed by atoms with E-state index in [9.17, 15) is 14.9 Å². The molecule has 6 nitrogen and oxygen atoms in total. The number of nitrogens with zero attached hydrogens (tertiary/aromatic N) is 1. The van der Waals surface area contributed by atoms with Crippen molar-refractivity contribution >= 4 is 27.5 Å². The molecule has 0 aromatic heterocycles. The molecule has 0 spiro atoms. The fourth-order valence-corrected chi connectivity index (χ4v) is 1.70. The van der Waals surface area contributed by atoms with Crippen LogP contribution in [0, 0.1) is 10.1 Å². The Morgan fingerprint density at radius 1 is 1.60 bits per heavy atom. The summed E-state index contributed by atoms with van der Waals surface area (Å²) in [6.07, 6.45) is 0. The summed E-state index contributed by atoms with van der Waals surface area (Å²) in [6, 6.07) is 2.34. The van der Waals surface area contributed by atoms with Crippen LogP contribution in [0.4, 0.5) is 5.69 Å². The van der Waals surface area contributed by atoms with Gasteiger partial charge in [-0.3, -0.25) is 14.9 Å². The number of benzene rings is 1. The Balaban J connectivity index is 3.43. The number of nitro benzene ring substituents is 1. The molecule has 0 aliphatic heterocycles. The van der Waals surface area contributed by atoms with E-state index in [1.807, 2.05) is 0 Å². The van der Waals surface area contributed by atoms with Crippen molar-refractivity contribution in [3.05, 3.63) is 32.3 Å². The zero-order valence-corrected chi connectivity index (χ0v) is 9.28. The number of halogens is 1. The second kappa shape index (κ2) is 4.26. The van der Waals surface area contributed by atoms with E-state index >= 15 is 0 Å². The zero-order chi connectivity index (χ0) is 11.6. The van der Waals surface area contributed by atoms with Crippen LogP contribution in [-0.2, 0) is 0 Å². The third-order valence-corrected chi connectivity index (χ3v) is 2.34. The van der Waals surface area contributed by atoms with Gasteiger partial charge in [0.05, 0.1) is 23.7 Å². The number of ether oxygens (including phenoxy) is 1. The third-order valence-electron chi connectivity index (χ3n) is 1.72. The van der Waals surface area contributed by atoms with Crippen LogP contribution in [0.5, 0.6) is 5.75 Å². The average Bonchev–Trinajstić information content (AvgIpc) is 2.15. The fourth-order valence-electron chi connectivity index (χ4n) is 1.07. The Morgan fingerprint density at radius 2 is 2.20 bits per heavy atom. The molecule has 0 aliphatic rings. The van der Waals surface area contributed by atoms with Crippen LogP contribution in [0.1, 0.15) is 10.4 Å². The fraction of sp³-hybridized carbons (Fsp3) is 0.125. The maximum Gasteiger partial charge on any atom is 0.274 e. The highest BCUT2D eigenvalue weighted by atomic mass is 79.9. The molecule has 2 N–H and O–H groups in total. The molecular formula is C8H7BrN2O4. The van der Waals surface area contributed by atoms with Crippen LogP contribution in [0.3, 0.4) is 0 Å². The van der Waals surface area contributed by atoms with E-state index in [1.165, 1.54) is 13.2 Å². The van der Waals surface area contributed by atoms with Gasteiger partial charge in [0, 0.05) is 10.5 Å². The molecule has 1 rings (SSSR count). The second-order valence-electron chi connectivity index (χ2n) is 2.63. The van der Waals surface area contributed by atoms with Gasteiger partial charge in [-0.05, 0) is 15.9 Å². The number of hydrogen-bond acceptors (Lipinski definition) is 4. The summed E-state index contributed by atoms with van der Waals surface area (Å²) < 4.78 is 5.08. The molecule has 0 bridgehead atoms. The Labute approximate surface area is 93.3 Å². The molecule has 1 aromatic rings. The molecule has 0 saturated heterocycles. The molecule has 1 amide bonds. The van der Waals surface area contributed by atoms with E-state index in [0.717, 1.165) is 6.07 Å². The van der Waals surface area contributed by atoms with E-state index in [2.05, 4.69) is 15.9 Å². The Hall–Kier alpha value is -1.63. The van der Waals surface area contributed by atoms with Crippen molar-refractivity contribution in [2.24, 2.45) is 5.73 Å². The number of non-ortho nitro benzene ring substituents is 1. The normalized spacial score (nSPS) is 9.73. The summed E-state index contributed by atoms with van der Waals surface area (Å²) in [5, 5.41) is 10.5. The number of nitrogens with two attached hydrogens (primary N) is 1. The van der Waals surface area contributed by atoms with Crippen molar-refractivity contribution in [2.75, 3.05) is 7.11 Å². The molecular weight excluding hydrogens is 268 g/mol. The second-order valence-corrected chi connectivity index (χ2v) is 3.48. The molecule has 0 atom stereocenters. The summed E-state index contributed by atoms with van der Waals surface area (Å²) in [4.78, 5) is 21.0. The molecule has 0 radical (unpaired) electrons. The van der Waals surface area contributed by atoms with Crippen LogP contribution >= 0.6 is 15.9 Å². The lowest BCUT2D eigenvalue weighted by molar-refractivity contribution is -0.385. The molecule has 1 aromatic carbocycles. The van der Waals surface area contributed by atoms with E-state index < -0.39 is 10.8 Å². The maximum absolute atomic E-state index is 11.0. The van der Waals surface area contributed by atoms with Gasteiger partial charge in [-0.1, -0.05) is 0 Å². The van der Waals surface area contributed by atoms with Crippen molar-refractivity contribution in [3.63, 3.8) is 0 Å². The highest BCUT2D eigenvalue weighted by Gasteiger charge is 2.19. The molecule has 0 aliphatic carbocycles. The first-order valence-electron chi connectivity index (χ1n) is 3.79. The number of amides is 1. The molecule has 80 valence electrons. The highest BCUT2D eigenvalue weighted by molar-refractivity contribution is 9.10. The van der Waals surface area contributed by atoms with Crippen molar-refractivity contribution in [1.82, 2.24) is 0 Å². The number of rotatable bonds is 3. The first-order valence-corrected chi connectivity index (χ1v) is 4.58. The standard InChI is InChI=1S/C8H7BrN2O4/c1-15-6-3-4(11(13)14)2-5(9)7(6)8(10)12/h2-3H,1H3,(H2,10,12). The van der Waals surface area contributed by atoms with E-state index in [0.29, 0.717) is 0 Å². The lowest BCUT2D eigenvalue weighted by Gasteiger charge is -2.06. The number of carbonyl (C=O) groups excluding carboxylic acids is 1. The summed E-state index contributed by atoms with van der Waals surface area (Å²) in [6.45, 7) is 0. The SMILES string of the molecule is COc1cc([N+](=O)[O-])cc(Br)c1C(N)=O. The van der Waals surface area contributed by atoms with Gasteiger partial charge in [0.15, 0.2) is 0 Å². The minimum Gasteiger partial charge on any atom is -0.496 e. The summed E-state index contributed by atoms with van der Waals surface area (Å²) in [7, 11) is 1.30. The molecule has 0 unspecified atom stereocenters. The lowest BCUT2D eigenvalue weighted by Crippen LogP contribution is -2.13. The maximum atomic E-state index is 11.0. The third kappa shape index (κ3) is 2.24. The monoisotopic (exact) mass is 274 g/mol. The number of primary amides is 1. The van der Waals surface area contributed by atoms with Crippen molar-refractivity contribution < 1.29 is 14.5 Å². The molecule has 0 saturated carbocycles. The van der Waals surface area contributed by atoms with E-state index in [4.69, 9.17) is 10.5 Å². The van der Waals surface area contributed by atoms with Gasteiger partial charge in [-0.2, -0.15) is 0 Å². The molecule has 0 fully saturated rings.